The second-order valence-electron chi connectivity index (χ2n) is 9.54. The average molecular weight is 571 g/mol. The molecule has 1 amide bonds. The fourth-order valence-corrected chi connectivity index (χ4v) is 4.45. The van der Waals surface area contributed by atoms with Crippen LogP contribution in [0.15, 0.2) is 65.6 Å². The summed E-state index contributed by atoms with van der Waals surface area (Å²) in [7, 11) is 1.92. The molecule has 1 aromatic heterocycles. The Morgan fingerprint density at radius 3 is 2.75 bits per heavy atom. The van der Waals surface area contributed by atoms with E-state index < -0.39 is 5.82 Å². The first-order valence-corrected chi connectivity index (χ1v) is 13.9. The van der Waals surface area contributed by atoms with Gasteiger partial charge in [-0.1, -0.05) is 24.6 Å². The van der Waals surface area contributed by atoms with E-state index in [0.717, 1.165) is 44.6 Å². The quantitative estimate of drug-likeness (QED) is 0.190. The van der Waals surface area contributed by atoms with Crippen molar-refractivity contribution in [3.8, 4) is 0 Å². The fourth-order valence-electron chi connectivity index (χ4n) is 4.27. The van der Waals surface area contributed by atoms with Gasteiger partial charge in [0.05, 0.1) is 11.4 Å². The Bertz CT molecular complexity index is 1250. The Labute approximate surface area is 240 Å². The maximum atomic E-state index is 14.5. The number of likely N-dealkylation sites (N-methyl/N-ethyl adjacent to an activating group) is 1. The van der Waals surface area contributed by atoms with Crippen molar-refractivity contribution in [3.05, 3.63) is 82.1 Å². The third-order valence-electron chi connectivity index (χ3n) is 6.38. The minimum Gasteiger partial charge on any atom is -0.398 e. The molecule has 8 N–H and O–H groups in total. The van der Waals surface area contributed by atoms with Crippen LogP contribution in [-0.4, -0.2) is 62.1 Å². The number of nitrogens with one attached hydrogen (secondary N) is 4. The van der Waals surface area contributed by atoms with Crippen LogP contribution in [0.1, 0.15) is 31.7 Å². The summed E-state index contributed by atoms with van der Waals surface area (Å²) in [5, 5.41) is 13.0. The lowest BCUT2D eigenvalue weighted by molar-refractivity contribution is -0.116. The van der Waals surface area contributed by atoms with Crippen molar-refractivity contribution in [2.75, 3.05) is 56.9 Å². The number of anilines is 2. The molecular formula is C29H40ClFN8O. The fraction of sp³-hybridized carbons (Fsp3) is 0.379. The molecule has 216 valence electrons. The molecule has 0 radical (unpaired) electrons. The Hall–Kier alpha value is -3.44. The molecule has 0 unspecified atom stereocenters. The highest BCUT2D eigenvalue weighted by molar-refractivity contribution is 6.30. The molecule has 2 heterocycles. The number of halogens is 2. The number of amides is 1. The van der Waals surface area contributed by atoms with Crippen LogP contribution in [0.2, 0.25) is 5.02 Å². The molecule has 0 spiro atoms. The van der Waals surface area contributed by atoms with Crippen LogP contribution in [0.5, 0.6) is 0 Å². The van der Waals surface area contributed by atoms with Crippen LogP contribution in [0.4, 0.5) is 15.9 Å². The summed E-state index contributed by atoms with van der Waals surface area (Å²) in [6.45, 7) is 6.93. The molecule has 3 rings (SSSR count). The van der Waals surface area contributed by atoms with E-state index in [2.05, 4.69) is 44.2 Å². The summed E-state index contributed by atoms with van der Waals surface area (Å²) in [6, 6.07) is 7.67. The highest BCUT2D eigenvalue weighted by Gasteiger charge is 2.14. The molecule has 0 aliphatic carbocycles. The van der Waals surface area contributed by atoms with Crippen molar-refractivity contribution in [2.45, 2.75) is 26.2 Å². The van der Waals surface area contributed by atoms with Gasteiger partial charge in [-0.3, -0.25) is 4.79 Å². The molecular weight excluding hydrogens is 531 g/mol. The minimum atomic E-state index is -0.494. The first kappa shape index (κ1) is 31.1. The summed E-state index contributed by atoms with van der Waals surface area (Å²) in [5.41, 5.74) is 15.7. The normalized spacial score (nSPS) is 14.5. The Morgan fingerprint density at radius 2 is 2.02 bits per heavy atom. The minimum absolute atomic E-state index is 0.121. The zero-order valence-electron chi connectivity index (χ0n) is 23.2. The van der Waals surface area contributed by atoms with E-state index in [1.54, 1.807) is 24.4 Å². The van der Waals surface area contributed by atoms with Crippen molar-refractivity contribution in [2.24, 2.45) is 11.5 Å². The summed E-state index contributed by atoms with van der Waals surface area (Å²) in [5.74, 6) is -0.210. The highest BCUT2D eigenvalue weighted by Crippen LogP contribution is 2.24. The number of nitrogens with two attached hydrogens (primary N) is 2. The van der Waals surface area contributed by atoms with Gasteiger partial charge < -0.3 is 37.6 Å². The van der Waals surface area contributed by atoms with Gasteiger partial charge in [0.1, 0.15) is 11.6 Å². The number of nitrogens with zero attached hydrogens (tertiary/aromatic N) is 2. The topological polar surface area (TPSA) is 133 Å². The van der Waals surface area contributed by atoms with Crippen molar-refractivity contribution in [3.63, 3.8) is 0 Å². The van der Waals surface area contributed by atoms with Gasteiger partial charge in [0.25, 0.3) is 0 Å². The number of benzene rings is 1. The SMILES string of the molecule is CCCN(CCNC)CCC(=O)Nc1cc(NC(/C=C(\N)c2cc(Cl)ccc2F)=C(/N)C2=CCCNC2)ccn1. The average Bonchev–Trinajstić information content (AvgIpc) is 2.95. The second kappa shape index (κ2) is 16.0. The molecule has 40 heavy (non-hydrogen) atoms. The smallest absolute Gasteiger partial charge is 0.226 e. The molecule has 1 aromatic carbocycles. The maximum Gasteiger partial charge on any atom is 0.226 e. The summed E-state index contributed by atoms with van der Waals surface area (Å²) >= 11 is 6.08. The molecule has 2 aromatic rings. The molecule has 0 saturated carbocycles. The van der Waals surface area contributed by atoms with Gasteiger partial charge in [-0.25, -0.2) is 9.37 Å². The van der Waals surface area contributed by atoms with Crippen molar-refractivity contribution in [1.29, 1.82) is 0 Å². The van der Waals surface area contributed by atoms with Gasteiger partial charge in [-0.15, -0.1) is 0 Å². The van der Waals surface area contributed by atoms with Crippen LogP contribution < -0.4 is 32.7 Å². The number of allylic oxidation sites excluding steroid dienone is 1. The van der Waals surface area contributed by atoms with Gasteiger partial charge in [-0.2, -0.15) is 0 Å². The van der Waals surface area contributed by atoms with Crippen molar-refractivity contribution in [1.82, 2.24) is 20.5 Å². The Morgan fingerprint density at radius 1 is 1.20 bits per heavy atom. The number of carbonyl (C=O) groups is 1. The lowest BCUT2D eigenvalue weighted by Crippen LogP contribution is -2.34. The van der Waals surface area contributed by atoms with Crippen LogP contribution >= 0.6 is 11.6 Å². The van der Waals surface area contributed by atoms with Crippen molar-refractivity contribution < 1.29 is 9.18 Å². The van der Waals surface area contributed by atoms with Gasteiger partial charge in [0, 0.05) is 66.8 Å². The summed E-state index contributed by atoms with van der Waals surface area (Å²) in [4.78, 5) is 19.2. The number of hydrogen-bond acceptors (Lipinski definition) is 8. The zero-order valence-corrected chi connectivity index (χ0v) is 24.0. The maximum absolute atomic E-state index is 14.5. The molecule has 11 heteroatoms. The zero-order chi connectivity index (χ0) is 28.9. The van der Waals surface area contributed by atoms with Gasteiger partial charge in [0.15, 0.2) is 0 Å². The Kier molecular flexibility index (Phi) is 12.4. The van der Waals surface area contributed by atoms with E-state index in [1.165, 1.54) is 18.2 Å². The van der Waals surface area contributed by atoms with E-state index in [0.29, 0.717) is 47.4 Å². The van der Waals surface area contributed by atoms with Crippen molar-refractivity contribution >= 4 is 34.7 Å². The third kappa shape index (κ3) is 9.63. The van der Waals surface area contributed by atoms with Gasteiger partial charge in [0.2, 0.25) is 5.91 Å². The van der Waals surface area contributed by atoms with Crippen LogP contribution in [0.25, 0.3) is 5.70 Å². The molecule has 1 aliphatic rings. The van der Waals surface area contributed by atoms with E-state index in [-0.39, 0.29) is 17.2 Å². The molecule has 0 bridgehead atoms. The van der Waals surface area contributed by atoms with E-state index in [9.17, 15) is 9.18 Å². The molecule has 0 fully saturated rings. The summed E-state index contributed by atoms with van der Waals surface area (Å²) in [6.07, 6.45) is 7.46. The number of hydrogen-bond donors (Lipinski definition) is 6. The lowest BCUT2D eigenvalue weighted by Gasteiger charge is -2.21. The standard InChI is InChI=1S/C29H40ClFN8O/c1-3-13-39(15-12-34-2)14-9-28(40)38-27-17-22(8-11-36-27)37-26(29(33)20-5-4-10-35-19-20)18-25(32)23-16-21(30)6-7-24(23)31/h5-8,11,16-18,34-35H,3-4,9-10,12-15,19,32-33H2,1-2H3,(H2,36,37,38,40)/b25-18-,29-26+. The third-order valence-corrected chi connectivity index (χ3v) is 6.62. The first-order valence-electron chi connectivity index (χ1n) is 13.5. The predicted octanol–water partition coefficient (Wildman–Crippen LogP) is 3.64. The molecule has 0 saturated heterocycles. The lowest BCUT2D eigenvalue weighted by atomic mass is 10.0. The largest absolute Gasteiger partial charge is 0.398 e. The molecule has 1 aliphatic heterocycles. The van der Waals surface area contributed by atoms with E-state index in [4.69, 9.17) is 23.1 Å². The predicted molar refractivity (Wildman–Crippen MR) is 162 cm³/mol. The molecule has 0 atom stereocenters. The van der Waals surface area contributed by atoms with Crippen LogP contribution in [0, 0.1) is 5.82 Å². The number of pyridine rings is 1. The van der Waals surface area contributed by atoms with Crippen LogP contribution in [0.3, 0.4) is 0 Å². The second-order valence-corrected chi connectivity index (χ2v) is 9.98. The summed E-state index contributed by atoms with van der Waals surface area (Å²) < 4.78 is 14.5. The number of aromatic nitrogens is 1. The van der Waals surface area contributed by atoms with Gasteiger partial charge in [-0.05, 0) is 68.9 Å². The number of rotatable bonds is 14. The van der Waals surface area contributed by atoms with Crippen LogP contribution in [-0.2, 0) is 4.79 Å². The van der Waals surface area contributed by atoms with Gasteiger partial charge >= 0.3 is 0 Å². The number of carbonyl (C=O) groups excluding carboxylic acids is 1. The Balaban J connectivity index is 1.80. The first-order chi connectivity index (χ1) is 19.3. The van der Waals surface area contributed by atoms with E-state index in [1.807, 2.05) is 7.05 Å². The molecule has 9 nitrogen and oxygen atoms in total. The monoisotopic (exact) mass is 570 g/mol. The highest BCUT2D eigenvalue weighted by atomic mass is 35.5. The van der Waals surface area contributed by atoms with E-state index >= 15 is 0 Å².